The maximum Gasteiger partial charge on any atom is 0.250 e. The van der Waals surface area contributed by atoms with Gasteiger partial charge in [0, 0.05) is 43.0 Å². The minimum absolute atomic E-state index is 0.121. The number of likely N-dealkylation sites (N-methyl/N-ethyl adjacent to an activating group) is 1. The average molecular weight is 315 g/mol. The largest absolute Gasteiger partial charge is 0.472 e. The van der Waals surface area contributed by atoms with E-state index in [1.54, 1.807) is 18.6 Å². The first kappa shape index (κ1) is 16.0. The number of furan rings is 1. The Morgan fingerprint density at radius 2 is 2.22 bits per heavy atom. The summed E-state index contributed by atoms with van der Waals surface area (Å²) in [6, 6.07) is 6.17. The Bertz CT molecular complexity index is 689. The van der Waals surface area contributed by atoms with Crippen LogP contribution in [-0.2, 0) is 25.9 Å². The van der Waals surface area contributed by atoms with Crippen LogP contribution < -0.4 is 10.9 Å². The predicted octanol–water partition coefficient (Wildman–Crippen LogP) is 1.65. The maximum absolute atomic E-state index is 12.2. The van der Waals surface area contributed by atoms with Crippen molar-refractivity contribution < 1.29 is 4.42 Å². The molecule has 1 unspecified atom stereocenters. The zero-order chi connectivity index (χ0) is 16.2. The van der Waals surface area contributed by atoms with E-state index in [2.05, 4.69) is 10.2 Å². The zero-order valence-electron chi connectivity index (χ0n) is 13.9. The fraction of sp³-hybridized carbons (Fsp3) is 0.500. The fourth-order valence-electron chi connectivity index (χ4n) is 3.20. The van der Waals surface area contributed by atoms with Gasteiger partial charge in [0.15, 0.2) is 0 Å². The van der Waals surface area contributed by atoms with Crippen molar-refractivity contribution in [1.29, 1.82) is 0 Å². The first-order chi connectivity index (χ1) is 11.1. The standard InChI is InChI=1S/C18H25N3O2/c1-20(2)8-9-21-17-5-4-16(11-15(17)3-6-18(21)22)19-12-14-7-10-23-13-14/h3,6-7,10,13,16,19H,4-5,8-9,11-12H2,1-2H3. The Labute approximate surface area is 136 Å². The van der Waals surface area contributed by atoms with Crippen molar-refractivity contribution in [3.8, 4) is 0 Å². The number of rotatable bonds is 6. The van der Waals surface area contributed by atoms with Gasteiger partial charge in [-0.25, -0.2) is 0 Å². The van der Waals surface area contributed by atoms with Crippen molar-refractivity contribution in [2.24, 2.45) is 0 Å². The topological polar surface area (TPSA) is 50.4 Å². The SMILES string of the molecule is CN(C)CCn1c2c(ccc1=O)CC(NCc1ccoc1)CC2. The van der Waals surface area contributed by atoms with E-state index in [-0.39, 0.29) is 5.56 Å². The molecule has 0 aromatic carbocycles. The molecule has 0 fully saturated rings. The van der Waals surface area contributed by atoms with Crippen LogP contribution in [0, 0.1) is 0 Å². The van der Waals surface area contributed by atoms with E-state index in [9.17, 15) is 4.79 Å². The van der Waals surface area contributed by atoms with E-state index >= 15 is 0 Å². The highest BCUT2D eigenvalue weighted by atomic mass is 16.3. The highest BCUT2D eigenvalue weighted by Gasteiger charge is 2.21. The van der Waals surface area contributed by atoms with E-state index in [1.807, 2.05) is 30.8 Å². The Kier molecular flexibility index (Phi) is 4.98. The lowest BCUT2D eigenvalue weighted by Gasteiger charge is -2.28. The van der Waals surface area contributed by atoms with Crippen LogP contribution in [0.3, 0.4) is 0 Å². The van der Waals surface area contributed by atoms with Crippen LogP contribution in [-0.4, -0.2) is 36.1 Å². The molecule has 2 heterocycles. The molecule has 3 rings (SSSR count). The molecular formula is C18H25N3O2. The van der Waals surface area contributed by atoms with E-state index < -0.39 is 0 Å². The predicted molar refractivity (Wildman–Crippen MR) is 90.6 cm³/mol. The van der Waals surface area contributed by atoms with Crippen molar-refractivity contribution >= 4 is 0 Å². The van der Waals surface area contributed by atoms with Crippen molar-refractivity contribution in [2.45, 2.75) is 38.4 Å². The molecule has 0 saturated carbocycles. The highest BCUT2D eigenvalue weighted by Crippen LogP contribution is 2.20. The number of hydrogen-bond donors (Lipinski definition) is 1. The molecule has 5 heteroatoms. The van der Waals surface area contributed by atoms with Crippen molar-refractivity contribution in [3.63, 3.8) is 0 Å². The summed E-state index contributed by atoms with van der Waals surface area (Å²) in [6.45, 7) is 2.48. The second-order valence-electron chi connectivity index (χ2n) is 6.55. The number of aromatic nitrogens is 1. The van der Waals surface area contributed by atoms with Gasteiger partial charge in [-0.3, -0.25) is 4.79 Å². The van der Waals surface area contributed by atoms with Crippen LogP contribution in [0.15, 0.2) is 39.9 Å². The molecule has 0 amide bonds. The summed E-state index contributed by atoms with van der Waals surface area (Å²) < 4.78 is 7.06. The van der Waals surface area contributed by atoms with Gasteiger partial charge in [-0.1, -0.05) is 6.07 Å². The van der Waals surface area contributed by atoms with E-state index in [0.29, 0.717) is 6.04 Å². The molecule has 124 valence electrons. The normalized spacial score (nSPS) is 17.4. The number of fused-ring (bicyclic) bond motifs is 1. The summed E-state index contributed by atoms with van der Waals surface area (Å²) in [5.74, 6) is 0. The van der Waals surface area contributed by atoms with Crippen molar-refractivity contribution in [3.05, 3.63) is 57.9 Å². The molecule has 1 aliphatic rings. The molecule has 1 N–H and O–H groups in total. The summed E-state index contributed by atoms with van der Waals surface area (Å²) in [6.07, 6.45) is 6.49. The minimum Gasteiger partial charge on any atom is -0.472 e. The van der Waals surface area contributed by atoms with Gasteiger partial charge in [0.2, 0.25) is 0 Å². The molecule has 23 heavy (non-hydrogen) atoms. The third kappa shape index (κ3) is 3.92. The average Bonchev–Trinajstić information content (AvgIpc) is 3.05. The van der Waals surface area contributed by atoms with E-state index in [1.165, 1.54) is 16.8 Å². The molecule has 2 aromatic heterocycles. The number of nitrogens with one attached hydrogen (secondary N) is 1. The Morgan fingerprint density at radius 3 is 2.96 bits per heavy atom. The van der Waals surface area contributed by atoms with Gasteiger partial charge in [0.25, 0.3) is 5.56 Å². The van der Waals surface area contributed by atoms with E-state index in [0.717, 1.165) is 38.9 Å². The Hall–Kier alpha value is -1.85. The highest BCUT2D eigenvalue weighted by molar-refractivity contribution is 5.25. The molecule has 0 saturated heterocycles. The van der Waals surface area contributed by atoms with Gasteiger partial charge in [0.05, 0.1) is 12.5 Å². The van der Waals surface area contributed by atoms with Crippen LogP contribution in [0.4, 0.5) is 0 Å². The lowest BCUT2D eigenvalue weighted by Crippen LogP contribution is -2.37. The molecule has 1 aliphatic carbocycles. The van der Waals surface area contributed by atoms with Crippen LogP contribution in [0.2, 0.25) is 0 Å². The molecule has 2 aromatic rings. The second kappa shape index (κ2) is 7.15. The lowest BCUT2D eigenvalue weighted by atomic mass is 9.91. The summed E-state index contributed by atoms with van der Waals surface area (Å²) >= 11 is 0. The summed E-state index contributed by atoms with van der Waals surface area (Å²) in [5.41, 5.74) is 3.82. The molecule has 0 radical (unpaired) electrons. The third-order valence-corrected chi connectivity index (χ3v) is 4.53. The molecular weight excluding hydrogens is 290 g/mol. The molecule has 0 aliphatic heterocycles. The fourth-order valence-corrected chi connectivity index (χ4v) is 3.20. The van der Waals surface area contributed by atoms with Crippen LogP contribution in [0.1, 0.15) is 23.2 Å². The first-order valence-electron chi connectivity index (χ1n) is 8.24. The molecule has 5 nitrogen and oxygen atoms in total. The number of hydrogen-bond acceptors (Lipinski definition) is 4. The monoisotopic (exact) mass is 315 g/mol. The Balaban J connectivity index is 1.68. The van der Waals surface area contributed by atoms with Crippen molar-refractivity contribution in [2.75, 3.05) is 20.6 Å². The van der Waals surface area contributed by atoms with Crippen LogP contribution in [0.5, 0.6) is 0 Å². The lowest BCUT2D eigenvalue weighted by molar-refractivity contribution is 0.370. The molecule has 1 atom stereocenters. The number of nitrogens with zero attached hydrogens (tertiary/aromatic N) is 2. The van der Waals surface area contributed by atoms with Crippen LogP contribution in [0.25, 0.3) is 0 Å². The molecule has 0 bridgehead atoms. The summed E-state index contributed by atoms with van der Waals surface area (Å²) in [4.78, 5) is 14.3. The van der Waals surface area contributed by atoms with Crippen LogP contribution >= 0.6 is 0 Å². The van der Waals surface area contributed by atoms with Gasteiger partial charge in [0.1, 0.15) is 0 Å². The summed E-state index contributed by atoms with van der Waals surface area (Å²) in [7, 11) is 4.08. The molecule has 0 spiro atoms. The van der Waals surface area contributed by atoms with Gasteiger partial charge < -0.3 is 19.2 Å². The maximum atomic E-state index is 12.2. The smallest absolute Gasteiger partial charge is 0.250 e. The van der Waals surface area contributed by atoms with Gasteiger partial charge in [-0.15, -0.1) is 0 Å². The van der Waals surface area contributed by atoms with Gasteiger partial charge in [-0.2, -0.15) is 0 Å². The zero-order valence-corrected chi connectivity index (χ0v) is 13.9. The Morgan fingerprint density at radius 1 is 1.35 bits per heavy atom. The number of pyridine rings is 1. The third-order valence-electron chi connectivity index (χ3n) is 4.53. The second-order valence-corrected chi connectivity index (χ2v) is 6.55. The van der Waals surface area contributed by atoms with Gasteiger partial charge in [-0.05, 0) is 45.0 Å². The van der Waals surface area contributed by atoms with Crippen molar-refractivity contribution in [1.82, 2.24) is 14.8 Å². The van der Waals surface area contributed by atoms with Gasteiger partial charge >= 0.3 is 0 Å². The summed E-state index contributed by atoms with van der Waals surface area (Å²) in [5, 5.41) is 3.59. The van der Waals surface area contributed by atoms with E-state index in [4.69, 9.17) is 4.42 Å². The minimum atomic E-state index is 0.121. The first-order valence-corrected chi connectivity index (χ1v) is 8.24. The quantitative estimate of drug-likeness (QED) is 0.881.